The van der Waals surface area contributed by atoms with E-state index < -0.39 is 21.7 Å². The van der Waals surface area contributed by atoms with Gasteiger partial charge < -0.3 is 10.6 Å². The van der Waals surface area contributed by atoms with Gasteiger partial charge in [0.25, 0.3) is 0 Å². The molecule has 0 saturated carbocycles. The number of aryl methyl sites for hydroxylation is 1. The second-order valence-electron chi connectivity index (χ2n) is 5.35. The normalized spacial score (nSPS) is 19.6. The van der Waals surface area contributed by atoms with Crippen molar-refractivity contribution >= 4 is 43.3 Å². The first-order valence-electron chi connectivity index (χ1n) is 6.81. The maximum atomic E-state index is 11.9. The highest BCUT2D eigenvalue weighted by atomic mass is 79.9. The molecule has 1 fully saturated rings. The summed E-state index contributed by atoms with van der Waals surface area (Å²) in [6.45, 7) is 1.85. The summed E-state index contributed by atoms with van der Waals surface area (Å²) in [6, 6.07) is 5.02. The number of benzene rings is 1. The minimum atomic E-state index is -3.05. The second kappa shape index (κ2) is 6.78. The Morgan fingerprint density at radius 1 is 1.32 bits per heavy atom. The number of hydrogen-bond donors (Lipinski definition) is 2. The molecule has 6 nitrogen and oxygen atoms in total. The van der Waals surface area contributed by atoms with Crippen LogP contribution in [0.15, 0.2) is 22.7 Å². The Balaban J connectivity index is 1.85. The summed E-state index contributed by atoms with van der Waals surface area (Å²) < 4.78 is 23.5. The van der Waals surface area contributed by atoms with Crippen LogP contribution in [0.3, 0.4) is 0 Å². The molecule has 2 amide bonds. The Morgan fingerprint density at radius 3 is 2.64 bits per heavy atom. The third-order valence-corrected chi connectivity index (χ3v) is 5.64. The summed E-state index contributed by atoms with van der Waals surface area (Å²) in [7, 11) is -3.05. The van der Waals surface area contributed by atoms with E-state index in [0.29, 0.717) is 12.1 Å². The molecular formula is C14H17BrN2O4S. The van der Waals surface area contributed by atoms with E-state index in [0.717, 1.165) is 10.0 Å². The first kappa shape index (κ1) is 17.0. The molecule has 0 aromatic heterocycles. The number of halogens is 1. The lowest BCUT2D eigenvalue weighted by molar-refractivity contribution is -0.127. The maximum Gasteiger partial charge on any atom is 0.233 e. The van der Waals surface area contributed by atoms with Gasteiger partial charge in [-0.3, -0.25) is 9.59 Å². The van der Waals surface area contributed by atoms with Crippen LogP contribution in [0.25, 0.3) is 0 Å². The Kier molecular flexibility index (Phi) is 5.23. The van der Waals surface area contributed by atoms with Crippen LogP contribution in [0.4, 0.5) is 5.69 Å². The molecule has 2 N–H and O–H groups in total. The number of nitrogens with one attached hydrogen (secondary N) is 2. The standard InChI is InChI=1S/C14H17BrN2O4S/c1-9-6-10(15)2-3-12(9)17-14(19)7-13(18)16-11-4-5-22(20,21)8-11/h2-3,6,11H,4-5,7-8H2,1H3,(H,16,18)(H,17,19). The van der Waals surface area contributed by atoms with Gasteiger partial charge in [-0.25, -0.2) is 8.42 Å². The molecule has 1 aliphatic rings. The number of carbonyl (C=O) groups excluding carboxylic acids is 2. The van der Waals surface area contributed by atoms with Crippen LogP contribution in [0.2, 0.25) is 0 Å². The number of rotatable bonds is 4. The summed E-state index contributed by atoms with van der Waals surface area (Å²) in [5, 5.41) is 5.26. The quantitative estimate of drug-likeness (QED) is 0.762. The Morgan fingerprint density at radius 2 is 2.05 bits per heavy atom. The molecule has 22 heavy (non-hydrogen) atoms. The highest BCUT2D eigenvalue weighted by Gasteiger charge is 2.29. The lowest BCUT2D eigenvalue weighted by Gasteiger charge is -2.12. The predicted molar refractivity (Wildman–Crippen MR) is 87.3 cm³/mol. The molecule has 0 bridgehead atoms. The van der Waals surface area contributed by atoms with E-state index in [2.05, 4.69) is 26.6 Å². The largest absolute Gasteiger partial charge is 0.352 e. The van der Waals surface area contributed by atoms with E-state index in [1.54, 1.807) is 12.1 Å². The van der Waals surface area contributed by atoms with Crippen molar-refractivity contribution in [2.45, 2.75) is 25.8 Å². The molecule has 0 spiro atoms. The van der Waals surface area contributed by atoms with Crippen LogP contribution >= 0.6 is 15.9 Å². The van der Waals surface area contributed by atoms with Crippen LogP contribution in [-0.4, -0.2) is 37.8 Å². The van der Waals surface area contributed by atoms with Crippen LogP contribution in [-0.2, 0) is 19.4 Å². The molecule has 1 unspecified atom stereocenters. The number of hydrogen-bond acceptors (Lipinski definition) is 4. The minimum Gasteiger partial charge on any atom is -0.352 e. The summed E-state index contributed by atoms with van der Waals surface area (Å²) in [5.74, 6) is -0.854. The van der Waals surface area contributed by atoms with Crippen LogP contribution in [0.5, 0.6) is 0 Å². The van der Waals surface area contributed by atoms with Gasteiger partial charge in [0.05, 0.1) is 11.5 Å². The third kappa shape index (κ3) is 4.81. The maximum absolute atomic E-state index is 11.9. The third-order valence-electron chi connectivity index (χ3n) is 3.38. The minimum absolute atomic E-state index is 0.0494. The van der Waals surface area contributed by atoms with Crippen LogP contribution in [0.1, 0.15) is 18.4 Å². The molecule has 1 atom stereocenters. The number of amides is 2. The van der Waals surface area contributed by atoms with Crippen LogP contribution in [0, 0.1) is 6.92 Å². The van der Waals surface area contributed by atoms with Crippen molar-refractivity contribution in [2.24, 2.45) is 0 Å². The average molecular weight is 389 g/mol. The molecule has 0 radical (unpaired) electrons. The lowest BCUT2D eigenvalue weighted by atomic mass is 10.2. The molecule has 120 valence electrons. The van der Waals surface area contributed by atoms with Gasteiger partial charge in [0.1, 0.15) is 6.42 Å². The Labute approximate surface area is 137 Å². The first-order chi connectivity index (χ1) is 10.2. The second-order valence-corrected chi connectivity index (χ2v) is 8.50. The fraction of sp³-hybridized carbons (Fsp3) is 0.429. The van der Waals surface area contributed by atoms with Gasteiger partial charge in [0, 0.05) is 16.2 Å². The molecule has 0 aliphatic carbocycles. The van der Waals surface area contributed by atoms with Crippen LogP contribution < -0.4 is 10.6 Å². The van der Waals surface area contributed by atoms with E-state index in [9.17, 15) is 18.0 Å². The van der Waals surface area contributed by atoms with E-state index in [1.165, 1.54) is 0 Å². The first-order valence-corrected chi connectivity index (χ1v) is 9.42. The van der Waals surface area contributed by atoms with Gasteiger partial charge in [-0.05, 0) is 37.1 Å². The van der Waals surface area contributed by atoms with Crippen molar-refractivity contribution in [1.82, 2.24) is 5.32 Å². The van der Waals surface area contributed by atoms with E-state index in [1.807, 2.05) is 13.0 Å². The zero-order chi connectivity index (χ0) is 16.3. The van der Waals surface area contributed by atoms with Gasteiger partial charge in [0.2, 0.25) is 11.8 Å². The smallest absolute Gasteiger partial charge is 0.233 e. The molecule has 1 saturated heterocycles. The van der Waals surface area contributed by atoms with Crippen molar-refractivity contribution in [3.8, 4) is 0 Å². The van der Waals surface area contributed by atoms with Crippen molar-refractivity contribution < 1.29 is 18.0 Å². The van der Waals surface area contributed by atoms with Gasteiger partial charge in [-0.15, -0.1) is 0 Å². The molecule has 1 aliphatic heterocycles. The van der Waals surface area contributed by atoms with Crippen molar-refractivity contribution in [3.05, 3.63) is 28.2 Å². The number of carbonyl (C=O) groups is 2. The van der Waals surface area contributed by atoms with Gasteiger partial charge in [-0.1, -0.05) is 15.9 Å². The molecular weight excluding hydrogens is 372 g/mol. The molecule has 1 aromatic rings. The summed E-state index contributed by atoms with van der Waals surface area (Å²) in [6.07, 6.45) is 0.0769. The topological polar surface area (TPSA) is 92.3 Å². The summed E-state index contributed by atoms with van der Waals surface area (Å²) in [4.78, 5) is 23.6. The zero-order valence-corrected chi connectivity index (χ0v) is 14.5. The average Bonchev–Trinajstić information content (AvgIpc) is 2.71. The molecule has 1 heterocycles. The molecule has 2 rings (SSSR count). The summed E-state index contributed by atoms with van der Waals surface area (Å²) in [5.41, 5.74) is 1.52. The monoisotopic (exact) mass is 388 g/mol. The molecule has 1 aromatic carbocycles. The molecule has 8 heteroatoms. The zero-order valence-electron chi connectivity index (χ0n) is 12.1. The highest BCUT2D eigenvalue weighted by Crippen LogP contribution is 2.20. The fourth-order valence-electron chi connectivity index (χ4n) is 2.30. The number of sulfone groups is 1. The predicted octanol–water partition coefficient (Wildman–Crippen LogP) is 1.39. The van der Waals surface area contributed by atoms with Gasteiger partial charge in [0.15, 0.2) is 9.84 Å². The Bertz CT molecular complexity index is 703. The number of anilines is 1. The fourth-order valence-corrected chi connectivity index (χ4v) is 4.44. The van der Waals surface area contributed by atoms with Crippen molar-refractivity contribution in [1.29, 1.82) is 0 Å². The lowest BCUT2D eigenvalue weighted by Crippen LogP contribution is -2.37. The van der Waals surface area contributed by atoms with E-state index >= 15 is 0 Å². The van der Waals surface area contributed by atoms with E-state index in [4.69, 9.17) is 0 Å². The highest BCUT2D eigenvalue weighted by molar-refractivity contribution is 9.10. The van der Waals surface area contributed by atoms with Crippen molar-refractivity contribution in [2.75, 3.05) is 16.8 Å². The Hall–Kier alpha value is -1.41. The van der Waals surface area contributed by atoms with Gasteiger partial charge in [-0.2, -0.15) is 0 Å². The SMILES string of the molecule is Cc1cc(Br)ccc1NC(=O)CC(=O)NC1CCS(=O)(=O)C1. The summed E-state index contributed by atoms with van der Waals surface area (Å²) >= 11 is 3.33. The van der Waals surface area contributed by atoms with E-state index in [-0.39, 0.29) is 24.0 Å². The van der Waals surface area contributed by atoms with Gasteiger partial charge >= 0.3 is 0 Å². The van der Waals surface area contributed by atoms with Crippen molar-refractivity contribution in [3.63, 3.8) is 0 Å².